The van der Waals surface area contributed by atoms with Gasteiger partial charge in [-0.1, -0.05) is 0 Å². The fourth-order valence-corrected chi connectivity index (χ4v) is 2.75. The zero-order valence-electron chi connectivity index (χ0n) is 10.9. The Morgan fingerprint density at radius 3 is 2.00 bits per heavy atom. The Bertz CT molecular complexity index is 494. The molecule has 0 saturated carbocycles. The Hall–Kier alpha value is -1.73. The second-order valence-electron chi connectivity index (χ2n) is 4.33. The summed E-state index contributed by atoms with van der Waals surface area (Å²) in [5.41, 5.74) is 10.8. The van der Waals surface area contributed by atoms with E-state index in [2.05, 4.69) is 0 Å². The Balaban J connectivity index is 2.78. The predicted octanol–water partition coefficient (Wildman–Crippen LogP) is -0.180. The molecule has 0 saturated heterocycles. The highest BCUT2D eigenvalue weighted by atomic mass is 32.1. The van der Waals surface area contributed by atoms with Crippen LogP contribution in [-0.4, -0.2) is 42.1 Å². The van der Waals surface area contributed by atoms with Crippen molar-refractivity contribution in [2.24, 2.45) is 11.5 Å². The quantitative estimate of drug-likeness (QED) is 0.677. The number of carbonyl (C=O) groups excluding carboxylic acids is 3. The molecule has 1 heterocycles. The van der Waals surface area contributed by atoms with Gasteiger partial charge in [-0.2, -0.15) is 0 Å². The maximum absolute atomic E-state index is 12.1. The van der Waals surface area contributed by atoms with Crippen molar-refractivity contribution in [3.63, 3.8) is 0 Å². The summed E-state index contributed by atoms with van der Waals surface area (Å²) in [5.74, 6) is -1.36. The van der Waals surface area contributed by atoms with E-state index in [1.807, 2.05) is 13.8 Å². The molecule has 19 heavy (non-hydrogen) atoms. The van der Waals surface area contributed by atoms with Crippen molar-refractivity contribution >= 4 is 28.9 Å². The van der Waals surface area contributed by atoms with Crippen molar-refractivity contribution in [3.8, 4) is 0 Å². The molecule has 7 heteroatoms. The summed E-state index contributed by atoms with van der Waals surface area (Å²) in [7, 11) is 0. The minimum atomic E-state index is -0.604. The molecule has 0 fully saturated rings. The fourth-order valence-electron chi connectivity index (χ4n) is 1.80. The number of nitrogens with zero attached hydrogens (tertiary/aromatic N) is 1. The molecular weight excluding hydrogens is 266 g/mol. The number of Topliss-reactive ketones (excluding diaryl/α,β-unsaturated/α-hetero) is 1. The standard InChI is InChI=1S/C12H17N3O3S/c1-7-3-9(8(2)19-7)10(16)4-15(5-11(13)17)6-12(14)18/h3H,4-6H2,1-2H3,(H2,13,17)(H2,14,18). The molecule has 104 valence electrons. The molecule has 1 aromatic heterocycles. The van der Waals surface area contributed by atoms with E-state index in [0.717, 1.165) is 9.75 Å². The molecule has 2 amide bonds. The van der Waals surface area contributed by atoms with Crippen molar-refractivity contribution in [2.75, 3.05) is 19.6 Å². The van der Waals surface area contributed by atoms with Gasteiger partial charge >= 0.3 is 0 Å². The molecule has 0 aliphatic heterocycles. The number of amides is 2. The Kier molecular flexibility index (Phi) is 5.20. The van der Waals surface area contributed by atoms with Gasteiger partial charge in [0.1, 0.15) is 0 Å². The number of aryl methyl sites for hydroxylation is 2. The van der Waals surface area contributed by atoms with Crippen LogP contribution in [0.4, 0.5) is 0 Å². The van der Waals surface area contributed by atoms with Gasteiger partial charge in [-0.15, -0.1) is 11.3 Å². The average Bonchev–Trinajstić information content (AvgIpc) is 2.55. The van der Waals surface area contributed by atoms with Crippen LogP contribution >= 0.6 is 11.3 Å². The van der Waals surface area contributed by atoms with Gasteiger partial charge in [0.25, 0.3) is 0 Å². The van der Waals surface area contributed by atoms with Crippen molar-refractivity contribution in [1.29, 1.82) is 0 Å². The first kappa shape index (κ1) is 15.3. The Labute approximate surface area is 115 Å². The summed E-state index contributed by atoms with van der Waals surface area (Å²) in [6, 6.07) is 1.80. The average molecular weight is 283 g/mol. The minimum Gasteiger partial charge on any atom is -0.369 e. The lowest BCUT2D eigenvalue weighted by Gasteiger charge is -2.17. The number of ketones is 1. The molecule has 6 nitrogen and oxygen atoms in total. The first-order chi connectivity index (χ1) is 8.79. The molecule has 1 rings (SSSR count). The highest BCUT2D eigenvalue weighted by molar-refractivity contribution is 7.12. The molecule has 0 spiro atoms. The second-order valence-corrected chi connectivity index (χ2v) is 5.79. The maximum atomic E-state index is 12.1. The van der Waals surface area contributed by atoms with E-state index in [0.29, 0.717) is 5.56 Å². The van der Waals surface area contributed by atoms with Gasteiger partial charge in [0.2, 0.25) is 11.8 Å². The normalized spacial score (nSPS) is 10.7. The molecule has 0 atom stereocenters. The number of hydrogen-bond donors (Lipinski definition) is 2. The number of primary amides is 2. The van der Waals surface area contributed by atoms with Crippen LogP contribution in [0.5, 0.6) is 0 Å². The molecular formula is C12H17N3O3S. The van der Waals surface area contributed by atoms with E-state index in [4.69, 9.17) is 11.5 Å². The summed E-state index contributed by atoms with van der Waals surface area (Å²) in [5, 5.41) is 0. The van der Waals surface area contributed by atoms with Crippen molar-refractivity contribution in [3.05, 3.63) is 21.4 Å². The summed E-state index contributed by atoms with van der Waals surface area (Å²) in [4.78, 5) is 37.2. The molecule has 1 aromatic rings. The first-order valence-electron chi connectivity index (χ1n) is 5.68. The monoisotopic (exact) mass is 283 g/mol. The SMILES string of the molecule is Cc1cc(C(=O)CN(CC(N)=O)CC(N)=O)c(C)s1. The van der Waals surface area contributed by atoms with Crippen LogP contribution in [0, 0.1) is 13.8 Å². The number of thiophene rings is 1. The van der Waals surface area contributed by atoms with Gasteiger partial charge in [-0.05, 0) is 19.9 Å². The van der Waals surface area contributed by atoms with Gasteiger partial charge in [0.15, 0.2) is 5.78 Å². The number of hydrogen-bond acceptors (Lipinski definition) is 5. The third-order valence-electron chi connectivity index (χ3n) is 2.47. The smallest absolute Gasteiger partial charge is 0.231 e. The third-order valence-corrected chi connectivity index (χ3v) is 3.43. The number of nitrogens with two attached hydrogens (primary N) is 2. The van der Waals surface area contributed by atoms with E-state index in [9.17, 15) is 14.4 Å². The number of rotatable bonds is 7. The van der Waals surface area contributed by atoms with Crippen molar-refractivity contribution in [1.82, 2.24) is 4.90 Å². The highest BCUT2D eigenvalue weighted by Gasteiger charge is 2.18. The molecule has 0 aliphatic carbocycles. The molecule has 0 aliphatic rings. The van der Waals surface area contributed by atoms with Gasteiger partial charge in [0.05, 0.1) is 19.6 Å². The van der Waals surface area contributed by atoms with E-state index >= 15 is 0 Å². The van der Waals surface area contributed by atoms with Crippen LogP contribution in [0.3, 0.4) is 0 Å². The van der Waals surface area contributed by atoms with Crippen molar-refractivity contribution < 1.29 is 14.4 Å². The zero-order valence-corrected chi connectivity index (χ0v) is 11.8. The lowest BCUT2D eigenvalue weighted by molar-refractivity contribution is -0.121. The van der Waals surface area contributed by atoms with Crippen LogP contribution < -0.4 is 11.5 Å². The van der Waals surface area contributed by atoms with Crippen molar-refractivity contribution in [2.45, 2.75) is 13.8 Å². The van der Waals surface area contributed by atoms with Gasteiger partial charge < -0.3 is 11.5 Å². The lowest BCUT2D eigenvalue weighted by Crippen LogP contribution is -2.42. The fraction of sp³-hybridized carbons (Fsp3) is 0.417. The molecule has 0 bridgehead atoms. The first-order valence-corrected chi connectivity index (χ1v) is 6.50. The highest BCUT2D eigenvalue weighted by Crippen LogP contribution is 2.21. The van der Waals surface area contributed by atoms with E-state index in [-0.39, 0.29) is 25.4 Å². The summed E-state index contributed by atoms with van der Waals surface area (Å²) >= 11 is 1.53. The second kappa shape index (κ2) is 6.44. The van der Waals surface area contributed by atoms with Gasteiger partial charge in [-0.25, -0.2) is 0 Å². The van der Waals surface area contributed by atoms with E-state index in [1.54, 1.807) is 6.07 Å². The molecule has 0 radical (unpaired) electrons. The maximum Gasteiger partial charge on any atom is 0.231 e. The van der Waals surface area contributed by atoms with Crippen LogP contribution in [-0.2, 0) is 9.59 Å². The Morgan fingerprint density at radius 2 is 1.63 bits per heavy atom. The zero-order chi connectivity index (χ0) is 14.6. The summed E-state index contributed by atoms with van der Waals surface area (Å²) in [6.45, 7) is 3.38. The summed E-state index contributed by atoms with van der Waals surface area (Å²) < 4.78 is 0. The van der Waals surface area contributed by atoms with Crippen LogP contribution in [0.15, 0.2) is 6.07 Å². The van der Waals surface area contributed by atoms with E-state index in [1.165, 1.54) is 16.2 Å². The van der Waals surface area contributed by atoms with Crippen LogP contribution in [0.25, 0.3) is 0 Å². The third kappa shape index (κ3) is 4.80. The van der Waals surface area contributed by atoms with E-state index < -0.39 is 11.8 Å². The Morgan fingerprint density at radius 1 is 1.11 bits per heavy atom. The largest absolute Gasteiger partial charge is 0.369 e. The van der Waals surface area contributed by atoms with Gasteiger partial charge in [-0.3, -0.25) is 19.3 Å². The van der Waals surface area contributed by atoms with Crippen LogP contribution in [0.2, 0.25) is 0 Å². The molecule has 0 aromatic carbocycles. The predicted molar refractivity (Wildman–Crippen MR) is 73.0 cm³/mol. The summed E-state index contributed by atoms with van der Waals surface area (Å²) in [6.07, 6.45) is 0. The van der Waals surface area contributed by atoms with Gasteiger partial charge in [0, 0.05) is 15.3 Å². The molecule has 4 N–H and O–H groups in total. The minimum absolute atomic E-state index is 0.0527. The molecule has 0 unspecified atom stereocenters. The topological polar surface area (TPSA) is 106 Å². The number of carbonyl (C=O) groups is 3. The lowest BCUT2D eigenvalue weighted by atomic mass is 10.1. The van der Waals surface area contributed by atoms with Crippen LogP contribution in [0.1, 0.15) is 20.1 Å².